The third-order valence-corrected chi connectivity index (χ3v) is 4.06. The molecule has 0 radical (unpaired) electrons. The molecule has 0 aromatic heterocycles. The number of hydrogen-bond donors (Lipinski definition) is 1. The summed E-state index contributed by atoms with van der Waals surface area (Å²) in [5.41, 5.74) is 0.683. The van der Waals surface area contributed by atoms with Crippen LogP contribution in [0.15, 0.2) is 54.6 Å². The van der Waals surface area contributed by atoms with Crippen LogP contribution in [0, 0.1) is 22.7 Å². The lowest BCUT2D eigenvalue weighted by Gasteiger charge is -2.18. The molecule has 2 aromatic carbocycles. The van der Waals surface area contributed by atoms with E-state index in [1.54, 1.807) is 49.5 Å². The second-order valence-electron chi connectivity index (χ2n) is 6.03. The summed E-state index contributed by atoms with van der Waals surface area (Å²) in [6.07, 6.45) is 0. The minimum absolute atomic E-state index is 0.0168. The van der Waals surface area contributed by atoms with Crippen LogP contribution in [-0.4, -0.2) is 37.0 Å². The van der Waals surface area contributed by atoms with Crippen molar-refractivity contribution in [2.24, 2.45) is 5.92 Å². The quantitative estimate of drug-likeness (QED) is 0.589. The highest BCUT2D eigenvalue weighted by molar-refractivity contribution is 6.12. The molecule has 1 N–H and O–H groups in total. The molecule has 1 amide bonds. The molecule has 0 spiro atoms. The molecule has 28 heavy (non-hydrogen) atoms. The van der Waals surface area contributed by atoms with Crippen LogP contribution >= 0.6 is 0 Å². The van der Waals surface area contributed by atoms with E-state index >= 15 is 0 Å². The minimum Gasteiger partial charge on any atom is -0.454 e. The minimum atomic E-state index is -1.26. The molecule has 0 saturated heterocycles. The van der Waals surface area contributed by atoms with Gasteiger partial charge in [-0.25, -0.2) is 4.79 Å². The van der Waals surface area contributed by atoms with E-state index in [9.17, 15) is 14.4 Å². The van der Waals surface area contributed by atoms with E-state index in [2.05, 4.69) is 0 Å². The molecule has 7 nitrogen and oxygen atoms in total. The van der Waals surface area contributed by atoms with Crippen LogP contribution < -0.4 is 4.90 Å². The van der Waals surface area contributed by atoms with Crippen molar-refractivity contribution in [2.75, 3.05) is 18.6 Å². The lowest BCUT2D eigenvalue weighted by Crippen LogP contribution is -2.29. The maximum absolute atomic E-state index is 12.8. The van der Waals surface area contributed by atoms with Crippen molar-refractivity contribution in [3.05, 3.63) is 65.7 Å². The highest BCUT2D eigenvalue weighted by atomic mass is 16.5. The Morgan fingerprint density at radius 2 is 1.64 bits per heavy atom. The third kappa shape index (κ3) is 4.68. The fourth-order valence-corrected chi connectivity index (χ4v) is 2.51. The first kappa shape index (κ1) is 20.5. The van der Waals surface area contributed by atoms with E-state index in [1.165, 1.54) is 24.0 Å². The number of rotatable bonds is 7. The van der Waals surface area contributed by atoms with Crippen molar-refractivity contribution in [3.63, 3.8) is 0 Å². The van der Waals surface area contributed by atoms with Gasteiger partial charge in [-0.05, 0) is 31.2 Å². The third-order valence-electron chi connectivity index (χ3n) is 4.06. The van der Waals surface area contributed by atoms with Gasteiger partial charge in [-0.15, -0.1) is 0 Å². The number of Topliss-reactive ketones (excluding diaryl/α,β-unsaturated/α-hetero) is 1. The first-order valence-corrected chi connectivity index (χ1v) is 8.43. The molecule has 0 fully saturated rings. The number of nitriles is 1. The van der Waals surface area contributed by atoms with Gasteiger partial charge in [-0.2, -0.15) is 5.26 Å². The lowest BCUT2D eigenvalue weighted by molar-refractivity contribution is -0.122. The van der Waals surface area contributed by atoms with Crippen molar-refractivity contribution in [3.8, 4) is 6.07 Å². The van der Waals surface area contributed by atoms with Gasteiger partial charge in [0.25, 0.3) is 5.91 Å². The number of amides is 1. The largest absolute Gasteiger partial charge is 0.454 e. The zero-order valence-corrected chi connectivity index (χ0v) is 15.5. The van der Waals surface area contributed by atoms with Crippen LogP contribution in [0.1, 0.15) is 27.6 Å². The second kappa shape index (κ2) is 9.24. The number of para-hydroxylation sites is 1. The molecule has 0 aliphatic carbocycles. The highest BCUT2D eigenvalue weighted by Gasteiger charge is 2.24. The summed E-state index contributed by atoms with van der Waals surface area (Å²) in [7, 11) is 1.59. The number of carbonyl (C=O) groups excluding carboxylic acids is 3. The van der Waals surface area contributed by atoms with Crippen LogP contribution in [0.25, 0.3) is 0 Å². The average Bonchev–Trinajstić information content (AvgIpc) is 2.71. The van der Waals surface area contributed by atoms with Crippen molar-refractivity contribution in [2.45, 2.75) is 6.92 Å². The fraction of sp³-hybridized carbons (Fsp3) is 0.190. The van der Waals surface area contributed by atoms with Gasteiger partial charge in [0.15, 0.2) is 12.4 Å². The van der Waals surface area contributed by atoms with Crippen LogP contribution in [0.2, 0.25) is 0 Å². The van der Waals surface area contributed by atoms with E-state index in [4.69, 9.17) is 15.4 Å². The second-order valence-corrected chi connectivity index (χ2v) is 6.03. The Bertz CT molecular complexity index is 948. The molecule has 7 heteroatoms. The Kier molecular flexibility index (Phi) is 6.77. The van der Waals surface area contributed by atoms with Gasteiger partial charge in [-0.1, -0.05) is 30.3 Å². The summed E-state index contributed by atoms with van der Waals surface area (Å²) in [5.74, 6) is -3.20. The highest BCUT2D eigenvalue weighted by Crippen LogP contribution is 2.18. The monoisotopic (exact) mass is 377 g/mol. The molecule has 1 unspecified atom stereocenters. The number of hydrogen-bond acceptors (Lipinski definition) is 6. The summed E-state index contributed by atoms with van der Waals surface area (Å²) in [6.45, 7) is 0.686. The van der Waals surface area contributed by atoms with Crippen molar-refractivity contribution in [1.29, 1.82) is 10.7 Å². The van der Waals surface area contributed by atoms with E-state index in [1.807, 2.05) is 6.07 Å². The summed E-state index contributed by atoms with van der Waals surface area (Å²) < 4.78 is 4.99. The van der Waals surface area contributed by atoms with Crippen LogP contribution in [-0.2, 0) is 9.53 Å². The van der Waals surface area contributed by atoms with Gasteiger partial charge in [0, 0.05) is 18.4 Å². The first-order valence-electron chi connectivity index (χ1n) is 8.43. The van der Waals surface area contributed by atoms with Crippen LogP contribution in [0.3, 0.4) is 0 Å². The fourth-order valence-electron chi connectivity index (χ4n) is 2.51. The molecule has 0 bridgehead atoms. The Morgan fingerprint density at radius 3 is 2.21 bits per heavy atom. The molecule has 0 aliphatic rings. The van der Waals surface area contributed by atoms with Gasteiger partial charge < -0.3 is 15.0 Å². The van der Waals surface area contributed by atoms with E-state index in [0.717, 1.165) is 0 Å². The lowest BCUT2D eigenvalue weighted by atomic mass is 10.0. The number of nitrogens with one attached hydrogen (secondary N) is 1. The number of benzene rings is 2. The van der Waals surface area contributed by atoms with E-state index in [-0.39, 0.29) is 16.8 Å². The van der Waals surface area contributed by atoms with Crippen LogP contribution in [0.4, 0.5) is 5.69 Å². The topological polar surface area (TPSA) is 111 Å². The Morgan fingerprint density at radius 1 is 1.07 bits per heavy atom. The Labute approximate surface area is 162 Å². The zero-order valence-electron chi connectivity index (χ0n) is 15.5. The van der Waals surface area contributed by atoms with Gasteiger partial charge in [0.1, 0.15) is 5.92 Å². The molecule has 2 aromatic rings. The Hall–Kier alpha value is -3.79. The first-order chi connectivity index (χ1) is 13.4. The number of ketones is 1. The summed E-state index contributed by atoms with van der Waals surface area (Å²) in [4.78, 5) is 38.6. The van der Waals surface area contributed by atoms with Crippen molar-refractivity contribution < 1.29 is 19.1 Å². The standard InChI is InChI=1S/C21H19N3O4/c1-14(23)18(12-22)19(25)13-28-21(27)17-11-7-6-10-16(17)20(26)24(2)15-8-4-3-5-9-15/h3-11,18,23H,13H2,1-2H3. The number of nitrogens with zero attached hydrogens (tertiary/aromatic N) is 2. The molecule has 0 heterocycles. The maximum Gasteiger partial charge on any atom is 0.339 e. The Balaban J connectivity index is 2.18. The molecule has 0 saturated carbocycles. The number of ether oxygens (including phenoxy) is 1. The van der Waals surface area contributed by atoms with Crippen molar-refractivity contribution in [1.82, 2.24) is 0 Å². The normalized spacial score (nSPS) is 11.0. The van der Waals surface area contributed by atoms with E-state index < -0.39 is 30.2 Å². The SMILES string of the molecule is CC(=N)C(C#N)C(=O)COC(=O)c1ccccc1C(=O)N(C)c1ccccc1. The van der Waals surface area contributed by atoms with Crippen molar-refractivity contribution >= 4 is 29.1 Å². The molecular weight excluding hydrogens is 358 g/mol. The number of anilines is 1. The van der Waals surface area contributed by atoms with Gasteiger partial charge >= 0.3 is 5.97 Å². The summed E-state index contributed by atoms with van der Waals surface area (Å²) in [5, 5.41) is 16.4. The van der Waals surface area contributed by atoms with Gasteiger partial charge in [0.05, 0.1) is 17.2 Å². The number of carbonyl (C=O) groups is 3. The number of esters is 1. The molecule has 142 valence electrons. The maximum atomic E-state index is 12.8. The molecule has 1 atom stereocenters. The average molecular weight is 377 g/mol. The summed E-state index contributed by atoms with van der Waals surface area (Å²) >= 11 is 0. The zero-order chi connectivity index (χ0) is 20.7. The van der Waals surface area contributed by atoms with Gasteiger partial charge in [0.2, 0.25) is 0 Å². The predicted octanol–water partition coefficient (Wildman–Crippen LogP) is 2.87. The predicted molar refractivity (Wildman–Crippen MR) is 103 cm³/mol. The molecule has 0 aliphatic heterocycles. The van der Waals surface area contributed by atoms with Gasteiger partial charge in [-0.3, -0.25) is 9.59 Å². The smallest absolute Gasteiger partial charge is 0.339 e. The molecular formula is C21H19N3O4. The molecule has 2 rings (SSSR count). The summed E-state index contributed by atoms with van der Waals surface area (Å²) in [6, 6.07) is 16.8. The van der Waals surface area contributed by atoms with E-state index in [0.29, 0.717) is 5.69 Å². The van der Waals surface area contributed by atoms with Crippen LogP contribution in [0.5, 0.6) is 0 Å².